The lowest BCUT2D eigenvalue weighted by Gasteiger charge is -2.17. The summed E-state index contributed by atoms with van der Waals surface area (Å²) in [6.45, 7) is 1.98. The molecule has 3 nitrogen and oxygen atoms in total. The summed E-state index contributed by atoms with van der Waals surface area (Å²) in [5.41, 5.74) is 9.21. The summed E-state index contributed by atoms with van der Waals surface area (Å²) in [4.78, 5) is 0. The number of halogens is 1. The van der Waals surface area contributed by atoms with Crippen molar-refractivity contribution in [2.24, 2.45) is 5.73 Å². The molecule has 0 aromatic heterocycles. The number of ether oxygens (including phenoxy) is 2. The number of hydrogen-bond acceptors (Lipinski definition) is 3. The van der Waals surface area contributed by atoms with Gasteiger partial charge in [0, 0.05) is 11.6 Å². The highest BCUT2D eigenvalue weighted by atomic mass is 79.9. The maximum atomic E-state index is 6.06. The third-order valence-corrected chi connectivity index (χ3v) is 3.98. The van der Waals surface area contributed by atoms with E-state index in [0.717, 1.165) is 32.7 Å². The standard InChI is InChI=1S/C16H18BrNO2/c1-10(18)11-6-4-5-7-12(11)13-8-9-14(19-2)15(17)16(13)20-3/h4-10H,18H2,1-3H3. The van der Waals surface area contributed by atoms with Gasteiger partial charge in [0.05, 0.1) is 14.2 Å². The van der Waals surface area contributed by atoms with E-state index in [2.05, 4.69) is 22.0 Å². The Balaban J connectivity index is 2.67. The van der Waals surface area contributed by atoms with E-state index in [1.807, 2.05) is 37.3 Å². The second-order valence-electron chi connectivity index (χ2n) is 4.54. The summed E-state index contributed by atoms with van der Waals surface area (Å²) in [5.74, 6) is 1.49. The summed E-state index contributed by atoms with van der Waals surface area (Å²) in [6, 6.07) is 11.9. The van der Waals surface area contributed by atoms with Crippen LogP contribution in [0, 0.1) is 0 Å². The lowest BCUT2D eigenvalue weighted by molar-refractivity contribution is 0.390. The van der Waals surface area contributed by atoms with Crippen LogP contribution >= 0.6 is 15.9 Å². The van der Waals surface area contributed by atoms with Crippen LogP contribution in [0.5, 0.6) is 11.5 Å². The molecule has 2 aromatic rings. The first kappa shape index (κ1) is 14.9. The van der Waals surface area contributed by atoms with Crippen molar-refractivity contribution >= 4 is 15.9 Å². The Morgan fingerprint density at radius 1 is 1.00 bits per heavy atom. The Morgan fingerprint density at radius 3 is 2.30 bits per heavy atom. The molecule has 2 aromatic carbocycles. The fourth-order valence-electron chi connectivity index (χ4n) is 2.25. The number of rotatable bonds is 4. The van der Waals surface area contributed by atoms with Crippen LogP contribution in [0.1, 0.15) is 18.5 Å². The fourth-order valence-corrected chi connectivity index (χ4v) is 2.92. The summed E-state index contributed by atoms with van der Waals surface area (Å²) in [5, 5.41) is 0. The van der Waals surface area contributed by atoms with E-state index in [4.69, 9.17) is 15.2 Å². The Bertz CT molecular complexity index is 611. The Labute approximate surface area is 127 Å². The van der Waals surface area contributed by atoms with Gasteiger partial charge < -0.3 is 15.2 Å². The largest absolute Gasteiger partial charge is 0.495 e. The molecule has 0 spiro atoms. The molecule has 0 saturated heterocycles. The quantitative estimate of drug-likeness (QED) is 0.912. The average molecular weight is 336 g/mol. The van der Waals surface area contributed by atoms with Gasteiger partial charge in [0.1, 0.15) is 16.0 Å². The highest BCUT2D eigenvalue weighted by molar-refractivity contribution is 9.10. The van der Waals surface area contributed by atoms with Crippen LogP contribution in [0.3, 0.4) is 0 Å². The molecule has 20 heavy (non-hydrogen) atoms. The topological polar surface area (TPSA) is 44.5 Å². The van der Waals surface area contributed by atoms with Crippen LogP contribution in [0.15, 0.2) is 40.9 Å². The van der Waals surface area contributed by atoms with E-state index >= 15 is 0 Å². The third kappa shape index (κ3) is 2.67. The molecule has 0 radical (unpaired) electrons. The Kier molecular flexibility index (Phi) is 4.68. The zero-order valence-electron chi connectivity index (χ0n) is 11.8. The SMILES string of the molecule is COc1ccc(-c2ccccc2C(C)N)c(OC)c1Br. The van der Waals surface area contributed by atoms with Crippen LogP contribution in [0.25, 0.3) is 11.1 Å². The van der Waals surface area contributed by atoms with Crippen LogP contribution < -0.4 is 15.2 Å². The minimum absolute atomic E-state index is 0.0446. The van der Waals surface area contributed by atoms with Crippen molar-refractivity contribution in [1.82, 2.24) is 0 Å². The predicted octanol–water partition coefficient (Wildman–Crippen LogP) is 4.15. The van der Waals surface area contributed by atoms with Crippen molar-refractivity contribution in [3.8, 4) is 22.6 Å². The molecule has 0 aliphatic carbocycles. The lowest BCUT2D eigenvalue weighted by Crippen LogP contribution is -2.07. The molecule has 4 heteroatoms. The zero-order chi connectivity index (χ0) is 14.7. The second-order valence-corrected chi connectivity index (χ2v) is 5.33. The number of hydrogen-bond donors (Lipinski definition) is 1. The lowest BCUT2D eigenvalue weighted by atomic mass is 9.95. The monoisotopic (exact) mass is 335 g/mol. The van der Waals surface area contributed by atoms with Crippen LogP contribution in [0.4, 0.5) is 0 Å². The van der Waals surface area contributed by atoms with E-state index in [1.54, 1.807) is 14.2 Å². The minimum atomic E-state index is -0.0446. The fraction of sp³-hybridized carbons (Fsp3) is 0.250. The van der Waals surface area contributed by atoms with Gasteiger partial charge in [-0.3, -0.25) is 0 Å². The van der Waals surface area contributed by atoms with Crippen molar-refractivity contribution in [2.75, 3.05) is 14.2 Å². The van der Waals surface area contributed by atoms with Gasteiger partial charge in [0.25, 0.3) is 0 Å². The molecule has 0 bridgehead atoms. The van der Waals surface area contributed by atoms with E-state index < -0.39 is 0 Å². The van der Waals surface area contributed by atoms with Gasteiger partial charge >= 0.3 is 0 Å². The van der Waals surface area contributed by atoms with Crippen molar-refractivity contribution < 1.29 is 9.47 Å². The van der Waals surface area contributed by atoms with Crippen molar-refractivity contribution in [3.63, 3.8) is 0 Å². The molecule has 1 atom stereocenters. The van der Waals surface area contributed by atoms with E-state index in [9.17, 15) is 0 Å². The van der Waals surface area contributed by atoms with Gasteiger partial charge in [-0.15, -0.1) is 0 Å². The molecular formula is C16H18BrNO2. The first-order valence-electron chi connectivity index (χ1n) is 6.35. The summed E-state index contributed by atoms with van der Waals surface area (Å²) < 4.78 is 11.6. The van der Waals surface area contributed by atoms with Crippen LogP contribution in [0.2, 0.25) is 0 Å². The highest BCUT2D eigenvalue weighted by Crippen LogP contribution is 2.43. The highest BCUT2D eigenvalue weighted by Gasteiger charge is 2.17. The molecule has 0 saturated carbocycles. The molecule has 2 N–H and O–H groups in total. The summed E-state index contributed by atoms with van der Waals surface area (Å²) in [6.07, 6.45) is 0. The molecule has 106 valence electrons. The van der Waals surface area contributed by atoms with E-state index in [0.29, 0.717) is 0 Å². The second kappa shape index (κ2) is 6.29. The molecule has 2 rings (SSSR count). The zero-order valence-corrected chi connectivity index (χ0v) is 13.4. The van der Waals surface area contributed by atoms with Crippen LogP contribution in [-0.4, -0.2) is 14.2 Å². The maximum absolute atomic E-state index is 6.06. The van der Waals surface area contributed by atoms with Gasteiger partial charge in [0.2, 0.25) is 0 Å². The molecule has 1 unspecified atom stereocenters. The minimum Gasteiger partial charge on any atom is -0.495 e. The molecule has 0 amide bonds. The van der Waals surface area contributed by atoms with E-state index in [1.165, 1.54) is 0 Å². The summed E-state index contributed by atoms with van der Waals surface area (Å²) in [7, 11) is 3.28. The van der Waals surface area contributed by atoms with Crippen molar-refractivity contribution in [2.45, 2.75) is 13.0 Å². The van der Waals surface area contributed by atoms with E-state index in [-0.39, 0.29) is 6.04 Å². The Hall–Kier alpha value is -1.52. The summed E-state index contributed by atoms with van der Waals surface area (Å²) >= 11 is 3.53. The van der Waals surface area contributed by atoms with Crippen molar-refractivity contribution in [1.29, 1.82) is 0 Å². The molecule has 0 heterocycles. The Morgan fingerprint density at radius 2 is 1.70 bits per heavy atom. The molecular weight excluding hydrogens is 318 g/mol. The first-order chi connectivity index (χ1) is 9.60. The predicted molar refractivity (Wildman–Crippen MR) is 85.3 cm³/mol. The van der Waals surface area contributed by atoms with Gasteiger partial charge in [-0.25, -0.2) is 0 Å². The number of benzene rings is 2. The van der Waals surface area contributed by atoms with Gasteiger partial charge in [-0.1, -0.05) is 24.3 Å². The smallest absolute Gasteiger partial charge is 0.144 e. The molecule has 0 fully saturated rings. The third-order valence-electron chi connectivity index (χ3n) is 3.23. The normalized spacial score (nSPS) is 12.1. The number of methoxy groups -OCH3 is 2. The first-order valence-corrected chi connectivity index (χ1v) is 7.14. The maximum Gasteiger partial charge on any atom is 0.144 e. The van der Waals surface area contributed by atoms with Gasteiger partial charge in [0.15, 0.2) is 0 Å². The molecule has 0 aliphatic heterocycles. The molecule has 0 aliphatic rings. The number of nitrogens with two attached hydrogens (primary N) is 1. The van der Waals surface area contributed by atoms with Gasteiger partial charge in [-0.2, -0.15) is 0 Å². The average Bonchev–Trinajstić information content (AvgIpc) is 2.46. The van der Waals surface area contributed by atoms with Crippen LogP contribution in [-0.2, 0) is 0 Å². The van der Waals surface area contributed by atoms with Crippen molar-refractivity contribution in [3.05, 3.63) is 46.4 Å². The van der Waals surface area contributed by atoms with Gasteiger partial charge in [-0.05, 0) is 46.1 Å².